The number of benzene rings is 2. The normalized spacial score (nSPS) is 10.6. The molecule has 0 bridgehead atoms. The van der Waals surface area contributed by atoms with Crippen LogP contribution in [0, 0.1) is 5.82 Å². The van der Waals surface area contributed by atoms with E-state index in [1.807, 2.05) is 0 Å². The lowest BCUT2D eigenvalue weighted by molar-refractivity contribution is 0.102. The summed E-state index contributed by atoms with van der Waals surface area (Å²) in [5.41, 5.74) is 0.967. The third kappa shape index (κ3) is 4.11. The van der Waals surface area contributed by atoms with Crippen LogP contribution in [-0.4, -0.2) is 16.1 Å². The molecule has 4 nitrogen and oxygen atoms in total. The molecule has 1 aromatic heterocycles. The van der Waals surface area contributed by atoms with Gasteiger partial charge in [0, 0.05) is 5.75 Å². The highest BCUT2D eigenvalue weighted by molar-refractivity contribution is 8.00. The van der Waals surface area contributed by atoms with Crippen LogP contribution in [0.3, 0.4) is 0 Å². The number of rotatable bonds is 5. The van der Waals surface area contributed by atoms with Gasteiger partial charge in [-0.25, -0.2) is 4.39 Å². The number of hydrogen-bond acceptors (Lipinski definition) is 5. The largest absolute Gasteiger partial charge is 0.296 e. The van der Waals surface area contributed by atoms with Gasteiger partial charge in [-0.15, -0.1) is 10.2 Å². The quantitative estimate of drug-likeness (QED) is 0.507. The van der Waals surface area contributed by atoms with E-state index in [4.69, 9.17) is 11.6 Å². The standard InChI is InChI=1S/C16H11ClFN3OS2/c17-12-7-3-2-6-11(12)14(22)19-15-20-21-16(24-15)23-9-10-5-1-4-8-13(10)18/h1-8H,9H2,(H,19,20,22). The Morgan fingerprint density at radius 2 is 1.92 bits per heavy atom. The second-order valence-electron chi connectivity index (χ2n) is 4.69. The maximum atomic E-state index is 13.6. The van der Waals surface area contributed by atoms with Crippen molar-refractivity contribution in [2.45, 2.75) is 10.1 Å². The number of nitrogens with zero attached hydrogens (tertiary/aromatic N) is 2. The Labute approximate surface area is 151 Å². The van der Waals surface area contributed by atoms with Gasteiger partial charge in [0.05, 0.1) is 10.6 Å². The molecule has 122 valence electrons. The average molecular weight is 380 g/mol. The molecule has 2 aromatic carbocycles. The van der Waals surface area contributed by atoms with Crippen LogP contribution in [0.2, 0.25) is 5.02 Å². The summed E-state index contributed by atoms with van der Waals surface area (Å²) in [5.74, 6) is -0.149. The van der Waals surface area contributed by atoms with Crippen LogP contribution in [0.5, 0.6) is 0 Å². The molecule has 1 amide bonds. The van der Waals surface area contributed by atoms with E-state index in [1.165, 1.54) is 29.2 Å². The first-order valence-corrected chi connectivity index (χ1v) is 9.07. The molecular weight excluding hydrogens is 369 g/mol. The van der Waals surface area contributed by atoms with Crippen LogP contribution < -0.4 is 5.32 Å². The first kappa shape index (κ1) is 16.9. The molecule has 0 saturated heterocycles. The third-order valence-electron chi connectivity index (χ3n) is 3.05. The second-order valence-corrected chi connectivity index (χ2v) is 7.29. The highest BCUT2D eigenvalue weighted by atomic mass is 35.5. The lowest BCUT2D eigenvalue weighted by atomic mass is 10.2. The molecule has 0 spiro atoms. The Balaban J connectivity index is 1.63. The van der Waals surface area contributed by atoms with Crippen molar-refractivity contribution in [2.24, 2.45) is 0 Å². The van der Waals surface area contributed by atoms with E-state index in [9.17, 15) is 9.18 Å². The monoisotopic (exact) mass is 379 g/mol. The van der Waals surface area contributed by atoms with Gasteiger partial charge in [-0.1, -0.05) is 65.0 Å². The summed E-state index contributed by atoms with van der Waals surface area (Å²) in [6.07, 6.45) is 0. The SMILES string of the molecule is O=C(Nc1nnc(SCc2ccccc2F)s1)c1ccccc1Cl. The van der Waals surface area contributed by atoms with Gasteiger partial charge in [0.2, 0.25) is 5.13 Å². The molecular formula is C16H11ClFN3OS2. The molecule has 0 fully saturated rings. The number of nitrogens with one attached hydrogen (secondary N) is 1. The number of aromatic nitrogens is 2. The summed E-state index contributed by atoms with van der Waals surface area (Å²) >= 11 is 8.58. The van der Waals surface area contributed by atoms with Gasteiger partial charge in [0.15, 0.2) is 4.34 Å². The maximum absolute atomic E-state index is 13.6. The van der Waals surface area contributed by atoms with Crippen molar-refractivity contribution in [1.29, 1.82) is 0 Å². The Morgan fingerprint density at radius 1 is 1.17 bits per heavy atom. The molecule has 0 atom stereocenters. The Morgan fingerprint density at radius 3 is 2.71 bits per heavy atom. The van der Waals surface area contributed by atoms with E-state index < -0.39 is 0 Å². The van der Waals surface area contributed by atoms with Crippen molar-refractivity contribution in [2.75, 3.05) is 5.32 Å². The molecule has 0 radical (unpaired) electrons. The smallest absolute Gasteiger partial charge is 0.259 e. The molecule has 8 heteroatoms. The molecule has 3 aromatic rings. The first-order chi connectivity index (χ1) is 11.6. The van der Waals surface area contributed by atoms with Gasteiger partial charge in [-0.3, -0.25) is 10.1 Å². The predicted molar refractivity (Wildman–Crippen MR) is 95.3 cm³/mol. The Hall–Kier alpha value is -1.96. The van der Waals surface area contributed by atoms with Gasteiger partial charge in [-0.2, -0.15) is 0 Å². The molecule has 24 heavy (non-hydrogen) atoms. The van der Waals surface area contributed by atoms with Crippen molar-refractivity contribution in [3.05, 3.63) is 70.5 Å². The van der Waals surface area contributed by atoms with Crippen molar-refractivity contribution in [3.63, 3.8) is 0 Å². The van der Waals surface area contributed by atoms with Crippen molar-refractivity contribution < 1.29 is 9.18 Å². The fourth-order valence-electron chi connectivity index (χ4n) is 1.88. The first-order valence-electron chi connectivity index (χ1n) is 6.89. The molecule has 0 aliphatic rings. The summed E-state index contributed by atoms with van der Waals surface area (Å²) in [4.78, 5) is 12.2. The minimum atomic E-state index is -0.345. The van der Waals surface area contributed by atoms with Crippen molar-refractivity contribution in [1.82, 2.24) is 10.2 Å². The van der Waals surface area contributed by atoms with Crippen LogP contribution >= 0.6 is 34.7 Å². The Kier molecular flexibility index (Phi) is 5.44. The summed E-state index contributed by atoms with van der Waals surface area (Å²) in [6, 6.07) is 13.3. The molecule has 0 saturated carbocycles. The third-order valence-corrected chi connectivity index (χ3v) is 5.40. The molecule has 0 aliphatic heterocycles. The molecule has 1 N–H and O–H groups in total. The van der Waals surface area contributed by atoms with Gasteiger partial charge in [0.1, 0.15) is 5.82 Å². The minimum Gasteiger partial charge on any atom is -0.296 e. The van der Waals surface area contributed by atoms with Crippen LogP contribution in [0.4, 0.5) is 9.52 Å². The van der Waals surface area contributed by atoms with E-state index in [-0.39, 0.29) is 11.7 Å². The number of carbonyl (C=O) groups is 1. The fraction of sp³-hybridized carbons (Fsp3) is 0.0625. The van der Waals surface area contributed by atoms with Crippen LogP contribution in [0.15, 0.2) is 52.9 Å². The molecule has 0 unspecified atom stereocenters. The number of hydrogen-bond donors (Lipinski definition) is 1. The predicted octanol–water partition coefficient (Wildman–Crippen LogP) is 4.88. The van der Waals surface area contributed by atoms with E-state index in [0.717, 1.165) is 0 Å². The highest BCUT2D eigenvalue weighted by Crippen LogP contribution is 2.29. The average Bonchev–Trinajstić information content (AvgIpc) is 3.02. The van der Waals surface area contributed by atoms with Gasteiger partial charge in [0.25, 0.3) is 5.91 Å². The summed E-state index contributed by atoms with van der Waals surface area (Å²) in [7, 11) is 0. The van der Waals surface area contributed by atoms with E-state index in [0.29, 0.717) is 31.4 Å². The number of carbonyl (C=O) groups excluding carboxylic acids is 1. The minimum absolute atomic E-state index is 0.248. The number of amides is 1. The van der Waals surface area contributed by atoms with E-state index >= 15 is 0 Å². The highest BCUT2D eigenvalue weighted by Gasteiger charge is 2.13. The summed E-state index contributed by atoms with van der Waals surface area (Å²) in [5, 5.41) is 11.3. The zero-order valence-corrected chi connectivity index (χ0v) is 14.6. The van der Waals surface area contributed by atoms with Gasteiger partial charge in [-0.05, 0) is 23.8 Å². The van der Waals surface area contributed by atoms with E-state index in [1.54, 1.807) is 42.5 Å². The fourth-order valence-corrected chi connectivity index (χ4v) is 3.84. The van der Waals surface area contributed by atoms with Gasteiger partial charge < -0.3 is 0 Å². The Bertz CT molecular complexity index is 872. The molecule has 3 rings (SSSR count). The van der Waals surface area contributed by atoms with Crippen LogP contribution in [-0.2, 0) is 5.75 Å². The molecule has 0 aliphatic carbocycles. The number of halogens is 2. The van der Waals surface area contributed by atoms with E-state index in [2.05, 4.69) is 15.5 Å². The topological polar surface area (TPSA) is 54.9 Å². The van der Waals surface area contributed by atoms with Crippen LogP contribution in [0.25, 0.3) is 0 Å². The number of thioether (sulfide) groups is 1. The number of anilines is 1. The maximum Gasteiger partial charge on any atom is 0.259 e. The second kappa shape index (κ2) is 7.74. The summed E-state index contributed by atoms with van der Waals surface area (Å²) < 4.78 is 14.2. The lowest BCUT2D eigenvalue weighted by Crippen LogP contribution is -2.12. The van der Waals surface area contributed by atoms with Crippen molar-refractivity contribution >= 4 is 45.7 Å². The zero-order chi connectivity index (χ0) is 16.9. The lowest BCUT2D eigenvalue weighted by Gasteiger charge is -2.02. The van der Waals surface area contributed by atoms with Crippen LogP contribution in [0.1, 0.15) is 15.9 Å². The van der Waals surface area contributed by atoms with Gasteiger partial charge >= 0.3 is 0 Å². The molecule has 1 heterocycles. The summed E-state index contributed by atoms with van der Waals surface area (Å²) in [6.45, 7) is 0. The van der Waals surface area contributed by atoms with Crippen molar-refractivity contribution in [3.8, 4) is 0 Å². The zero-order valence-electron chi connectivity index (χ0n) is 12.2.